The summed E-state index contributed by atoms with van der Waals surface area (Å²) in [5, 5.41) is 14.9. The molecule has 0 unspecified atom stereocenters. The summed E-state index contributed by atoms with van der Waals surface area (Å²) in [4.78, 5) is 41.6. The number of nitrogens with one attached hydrogen (secondary N) is 1. The minimum absolute atomic E-state index is 0.0710. The number of hydrogen-bond donors (Lipinski definition) is 1. The van der Waals surface area contributed by atoms with E-state index >= 15 is 0 Å². The highest BCUT2D eigenvalue weighted by Gasteiger charge is 2.44. The van der Waals surface area contributed by atoms with Crippen LogP contribution in [-0.4, -0.2) is 61.1 Å². The molecule has 226 valence electrons. The molecule has 11 heteroatoms. The van der Waals surface area contributed by atoms with Crippen molar-refractivity contribution in [1.29, 1.82) is 0 Å². The van der Waals surface area contributed by atoms with Crippen LogP contribution in [-0.2, 0) is 14.3 Å². The van der Waals surface area contributed by atoms with Crippen LogP contribution in [0, 0.1) is 11.8 Å². The third-order valence-corrected chi connectivity index (χ3v) is 8.26. The monoisotopic (exact) mass is 604 g/mol. The van der Waals surface area contributed by atoms with Crippen LogP contribution in [0.3, 0.4) is 0 Å². The number of aromatic nitrogens is 4. The molecule has 2 aliphatic rings. The molecule has 1 aromatic heterocycles. The van der Waals surface area contributed by atoms with E-state index in [9.17, 15) is 14.4 Å². The number of esters is 1. The molecule has 0 radical (unpaired) electrons. The molecule has 2 heterocycles. The van der Waals surface area contributed by atoms with Gasteiger partial charge in [-0.15, -0.1) is 5.10 Å². The number of halogens is 1. The van der Waals surface area contributed by atoms with E-state index in [4.69, 9.17) is 16.3 Å². The van der Waals surface area contributed by atoms with Crippen molar-refractivity contribution in [2.75, 3.05) is 11.9 Å². The predicted molar refractivity (Wildman–Crippen MR) is 164 cm³/mol. The van der Waals surface area contributed by atoms with Gasteiger partial charge >= 0.3 is 5.97 Å². The van der Waals surface area contributed by atoms with Crippen LogP contribution in [0.4, 0.5) is 5.69 Å². The third kappa shape index (κ3) is 7.48. The molecule has 2 amide bonds. The second-order valence-corrected chi connectivity index (χ2v) is 12.6. The quantitative estimate of drug-likeness (QED) is 0.270. The van der Waals surface area contributed by atoms with Gasteiger partial charge in [-0.3, -0.25) is 9.59 Å². The Morgan fingerprint density at radius 2 is 1.77 bits per heavy atom. The van der Waals surface area contributed by atoms with E-state index in [0.29, 0.717) is 40.0 Å². The molecule has 1 saturated carbocycles. The Labute approximate surface area is 256 Å². The van der Waals surface area contributed by atoms with Crippen molar-refractivity contribution in [3.8, 4) is 5.69 Å². The molecule has 1 aliphatic carbocycles. The number of ether oxygens (including phenoxy) is 1. The van der Waals surface area contributed by atoms with Crippen LogP contribution in [0.1, 0.15) is 75.2 Å². The highest BCUT2D eigenvalue weighted by Crippen LogP contribution is 2.39. The molecule has 0 bridgehead atoms. The number of carbonyl (C=O) groups is 3. The van der Waals surface area contributed by atoms with E-state index in [-0.39, 0.29) is 17.7 Å². The Morgan fingerprint density at radius 1 is 1.02 bits per heavy atom. The fraction of sp³-hybridized carbons (Fsp3) is 0.438. The largest absolute Gasteiger partial charge is 0.456 e. The van der Waals surface area contributed by atoms with Crippen molar-refractivity contribution >= 4 is 41.1 Å². The lowest BCUT2D eigenvalue weighted by molar-refractivity contribution is -0.134. The Balaban J connectivity index is 1.35. The van der Waals surface area contributed by atoms with Gasteiger partial charge in [-0.05, 0) is 98.0 Å². The summed E-state index contributed by atoms with van der Waals surface area (Å²) in [5.41, 5.74) is 1.69. The molecule has 5 rings (SSSR count). The fourth-order valence-corrected chi connectivity index (χ4v) is 6.27. The Hall–Kier alpha value is -4.05. The zero-order valence-electron chi connectivity index (χ0n) is 24.7. The Bertz CT molecular complexity index is 1480. The molecule has 1 aliphatic heterocycles. The maximum absolute atomic E-state index is 13.9. The molecule has 3 aromatic rings. The van der Waals surface area contributed by atoms with E-state index in [0.717, 1.165) is 32.1 Å². The second kappa shape index (κ2) is 13.1. The average Bonchev–Trinajstić information content (AvgIpc) is 3.67. The van der Waals surface area contributed by atoms with Crippen LogP contribution >= 0.6 is 11.6 Å². The zero-order valence-corrected chi connectivity index (χ0v) is 25.5. The first-order valence-corrected chi connectivity index (χ1v) is 15.1. The second-order valence-electron chi connectivity index (χ2n) is 12.2. The first-order valence-electron chi connectivity index (χ1n) is 14.7. The molecule has 1 saturated heterocycles. The number of nitrogens with zero attached hydrogens (tertiary/aromatic N) is 5. The smallest absolute Gasteiger partial charge is 0.338 e. The number of benzene rings is 2. The van der Waals surface area contributed by atoms with Crippen molar-refractivity contribution in [2.24, 2.45) is 11.8 Å². The van der Waals surface area contributed by atoms with E-state index in [1.807, 2.05) is 20.8 Å². The van der Waals surface area contributed by atoms with Gasteiger partial charge in [0.15, 0.2) is 0 Å². The first-order chi connectivity index (χ1) is 20.6. The van der Waals surface area contributed by atoms with Crippen LogP contribution in [0.25, 0.3) is 11.8 Å². The highest BCUT2D eigenvalue weighted by molar-refractivity contribution is 6.30. The Kier molecular flexibility index (Phi) is 9.25. The van der Waals surface area contributed by atoms with Gasteiger partial charge in [-0.25, -0.2) is 4.79 Å². The van der Waals surface area contributed by atoms with Gasteiger partial charge in [0.05, 0.1) is 11.3 Å². The van der Waals surface area contributed by atoms with Gasteiger partial charge in [0.25, 0.3) is 0 Å². The summed E-state index contributed by atoms with van der Waals surface area (Å²) in [6.45, 7) is 5.94. The number of carbonyl (C=O) groups excluding carboxylic acids is 3. The fourth-order valence-electron chi connectivity index (χ4n) is 6.09. The number of tetrazole rings is 1. The van der Waals surface area contributed by atoms with Crippen molar-refractivity contribution in [1.82, 2.24) is 25.1 Å². The molecular formula is C32H37ClN6O4. The molecule has 10 nitrogen and oxygen atoms in total. The summed E-state index contributed by atoms with van der Waals surface area (Å²) >= 11 is 6.25. The number of rotatable bonds is 7. The van der Waals surface area contributed by atoms with Crippen LogP contribution in [0.2, 0.25) is 5.02 Å². The Morgan fingerprint density at radius 3 is 2.44 bits per heavy atom. The van der Waals surface area contributed by atoms with Gasteiger partial charge in [-0.2, -0.15) is 4.68 Å². The van der Waals surface area contributed by atoms with Crippen molar-refractivity contribution < 1.29 is 19.1 Å². The van der Waals surface area contributed by atoms with E-state index < -0.39 is 17.6 Å². The van der Waals surface area contributed by atoms with Gasteiger partial charge < -0.3 is 15.0 Å². The van der Waals surface area contributed by atoms with Crippen molar-refractivity contribution in [3.05, 3.63) is 71.0 Å². The van der Waals surface area contributed by atoms with Gasteiger partial charge in [0.2, 0.25) is 11.8 Å². The topological polar surface area (TPSA) is 119 Å². The van der Waals surface area contributed by atoms with Crippen LogP contribution in [0.15, 0.2) is 54.9 Å². The molecule has 43 heavy (non-hydrogen) atoms. The van der Waals surface area contributed by atoms with Gasteiger partial charge in [0, 0.05) is 28.9 Å². The normalized spacial score (nSPS) is 19.5. The minimum atomic E-state index is -0.607. The third-order valence-electron chi connectivity index (χ3n) is 8.03. The summed E-state index contributed by atoms with van der Waals surface area (Å²) in [6, 6.07) is 11.3. The molecule has 0 spiro atoms. The maximum atomic E-state index is 13.9. The average molecular weight is 605 g/mol. The lowest BCUT2D eigenvalue weighted by Crippen LogP contribution is -2.47. The SMILES string of the molecule is CC(C)(C)OC(=O)c1ccc(NC(=O)[C@H]2[C@@H](C3CCCCC3)CCN2C(=O)/C=C/c2cc(Cl)ccc2-n2cnnn2)cc1. The maximum Gasteiger partial charge on any atom is 0.338 e. The summed E-state index contributed by atoms with van der Waals surface area (Å²) in [6.07, 6.45) is 11.0. The molecule has 2 atom stereocenters. The number of anilines is 1. The van der Waals surface area contributed by atoms with E-state index in [1.54, 1.807) is 53.4 Å². The molecular weight excluding hydrogens is 568 g/mol. The predicted octanol–water partition coefficient (Wildman–Crippen LogP) is 5.72. The van der Waals surface area contributed by atoms with Gasteiger partial charge in [0.1, 0.15) is 18.0 Å². The number of amides is 2. The lowest BCUT2D eigenvalue weighted by Gasteiger charge is -2.33. The van der Waals surface area contributed by atoms with Crippen LogP contribution < -0.4 is 5.32 Å². The van der Waals surface area contributed by atoms with Crippen molar-refractivity contribution in [3.63, 3.8) is 0 Å². The summed E-state index contributed by atoms with van der Waals surface area (Å²) < 4.78 is 6.94. The summed E-state index contributed by atoms with van der Waals surface area (Å²) in [7, 11) is 0. The number of likely N-dealkylation sites (tertiary alicyclic amines) is 1. The highest BCUT2D eigenvalue weighted by atomic mass is 35.5. The lowest BCUT2D eigenvalue weighted by atomic mass is 9.76. The van der Waals surface area contributed by atoms with Crippen LogP contribution in [0.5, 0.6) is 0 Å². The standard InChI is InChI=1S/C32H37ClN6O4/c1-32(2,3)43-31(42)22-9-13-25(14-10-22)35-30(41)29-26(21-7-5-4-6-8-21)17-18-38(29)28(40)16-11-23-19-24(33)12-15-27(23)39-20-34-36-37-39/h9-16,19-21,26,29H,4-8,17-18H2,1-3H3,(H,35,41)/b16-11+/t26-,29-/m1/s1. The molecule has 1 N–H and O–H groups in total. The summed E-state index contributed by atoms with van der Waals surface area (Å²) in [5.74, 6) is -0.440. The molecule has 2 aromatic carbocycles. The molecule has 2 fully saturated rings. The van der Waals surface area contributed by atoms with E-state index in [1.165, 1.54) is 23.5 Å². The zero-order chi connectivity index (χ0) is 30.6. The minimum Gasteiger partial charge on any atom is -0.456 e. The van der Waals surface area contributed by atoms with Crippen molar-refractivity contribution in [2.45, 2.75) is 70.9 Å². The first kappa shape index (κ1) is 30.4. The van der Waals surface area contributed by atoms with Gasteiger partial charge in [-0.1, -0.05) is 43.7 Å². The van der Waals surface area contributed by atoms with E-state index in [2.05, 4.69) is 20.8 Å². The number of hydrogen-bond acceptors (Lipinski definition) is 7.